The van der Waals surface area contributed by atoms with Gasteiger partial charge in [0.2, 0.25) is 11.8 Å². The molecule has 104 valence electrons. The lowest BCUT2D eigenvalue weighted by atomic mass is 9.92. The molecule has 0 radical (unpaired) electrons. The number of carboxylic acid groups (broad SMARTS) is 1. The molecule has 0 aliphatic heterocycles. The van der Waals surface area contributed by atoms with Gasteiger partial charge in [0.1, 0.15) is 12.1 Å². The molecule has 0 fully saturated rings. The van der Waals surface area contributed by atoms with Crippen molar-refractivity contribution >= 4 is 17.8 Å². The lowest BCUT2D eigenvalue weighted by molar-refractivity contribution is -0.141. The van der Waals surface area contributed by atoms with Crippen molar-refractivity contribution in [3.8, 4) is 0 Å². The fraction of sp³-hybridized carbons (Fsp3) is 0.750. The summed E-state index contributed by atoms with van der Waals surface area (Å²) in [6, 6.07) is -1.72. The highest BCUT2D eigenvalue weighted by Crippen LogP contribution is 2.17. The summed E-state index contributed by atoms with van der Waals surface area (Å²) in [5.74, 6) is -1.85. The fourth-order valence-electron chi connectivity index (χ4n) is 1.24. The van der Waals surface area contributed by atoms with Crippen LogP contribution in [0.5, 0.6) is 0 Å². The number of aliphatic carboxylic acids is 1. The molecular formula is C12H22N2O4. The van der Waals surface area contributed by atoms with Crippen LogP contribution < -0.4 is 10.6 Å². The molecule has 3 N–H and O–H groups in total. The summed E-state index contributed by atoms with van der Waals surface area (Å²) in [5, 5.41) is 13.5. The fourth-order valence-corrected chi connectivity index (χ4v) is 1.24. The molecule has 0 bridgehead atoms. The van der Waals surface area contributed by atoms with Gasteiger partial charge in [-0.3, -0.25) is 14.4 Å². The van der Waals surface area contributed by atoms with Crippen molar-refractivity contribution in [2.24, 2.45) is 5.41 Å². The highest BCUT2D eigenvalue weighted by atomic mass is 16.4. The molecule has 2 amide bonds. The van der Waals surface area contributed by atoms with E-state index in [0.717, 1.165) is 0 Å². The lowest BCUT2D eigenvalue weighted by Gasteiger charge is -2.20. The molecule has 0 aromatic carbocycles. The highest BCUT2D eigenvalue weighted by Gasteiger charge is 2.22. The van der Waals surface area contributed by atoms with Gasteiger partial charge in [0.15, 0.2) is 0 Å². The standard InChI is InChI=1S/C12H22N2O4/c1-7(10(16)14-8(2)11(17)18)13-9(15)6-12(3,4)5/h7-8H,6H2,1-5H3,(H,13,15)(H,14,16)(H,17,18)/t7?,8-/m1/s1. The topological polar surface area (TPSA) is 95.5 Å². The summed E-state index contributed by atoms with van der Waals surface area (Å²) >= 11 is 0. The number of amides is 2. The summed E-state index contributed by atoms with van der Waals surface area (Å²) in [6.45, 7) is 8.64. The predicted octanol–water partition coefficient (Wildman–Crippen LogP) is 0.517. The van der Waals surface area contributed by atoms with Gasteiger partial charge in [-0.25, -0.2) is 0 Å². The second kappa shape index (κ2) is 6.37. The lowest BCUT2D eigenvalue weighted by Crippen LogP contribution is -2.49. The van der Waals surface area contributed by atoms with Crippen LogP contribution >= 0.6 is 0 Å². The molecule has 0 saturated carbocycles. The molecule has 6 heteroatoms. The Hall–Kier alpha value is -1.59. The maximum atomic E-state index is 11.6. The van der Waals surface area contributed by atoms with Crippen LogP contribution in [0, 0.1) is 5.41 Å². The van der Waals surface area contributed by atoms with E-state index >= 15 is 0 Å². The minimum absolute atomic E-state index is 0.158. The summed E-state index contributed by atoms with van der Waals surface area (Å²) in [7, 11) is 0. The zero-order chi connectivity index (χ0) is 14.5. The Labute approximate surface area is 107 Å². The van der Waals surface area contributed by atoms with E-state index < -0.39 is 24.0 Å². The Bertz CT molecular complexity index is 333. The molecule has 0 rings (SSSR count). The largest absolute Gasteiger partial charge is 0.480 e. The van der Waals surface area contributed by atoms with E-state index in [-0.39, 0.29) is 11.3 Å². The second-order valence-electron chi connectivity index (χ2n) is 5.60. The van der Waals surface area contributed by atoms with Gasteiger partial charge in [-0.05, 0) is 19.3 Å². The van der Waals surface area contributed by atoms with Crippen LogP contribution in [0.3, 0.4) is 0 Å². The second-order valence-corrected chi connectivity index (χ2v) is 5.60. The maximum Gasteiger partial charge on any atom is 0.325 e. The first kappa shape index (κ1) is 16.4. The van der Waals surface area contributed by atoms with Gasteiger partial charge in [-0.15, -0.1) is 0 Å². The van der Waals surface area contributed by atoms with E-state index in [9.17, 15) is 14.4 Å². The third kappa shape index (κ3) is 6.88. The molecule has 18 heavy (non-hydrogen) atoms. The molecule has 0 aliphatic rings. The predicted molar refractivity (Wildman–Crippen MR) is 66.9 cm³/mol. The van der Waals surface area contributed by atoms with E-state index in [1.807, 2.05) is 20.8 Å². The van der Waals surface area contributed by atoms with Crippen LogP contribution in [0.15, 0.2) is 0 Å². The molecule has 0 heterocycles. The van der Waals surface area contributed by atoms with E-state index in [2.05, 4.69) is 10.6 Å². The Morgan fingerprint density at radius 1 is 1.06 bits per heavy atom. The van der Waals surface area contributed by atoms with Gasteiger partial charge in [-0.1, -0.05) is 20.8 Å². The van der Waals surface area contributed by atoms with E-state index in [1.54, 1.807) is 0 Å². The normalized spacial score (nSPS) is 14.5. The van der Waals surface area contributed by atoms with Gasteiger partial charge < -0.3 is 15.7 Å². The van der Waals surface area contributed by atoms with Crippen LogP contribution in [0.25, 0.3) is 0 Å². The zero-order valence-electron chi connectivity index (χ0n) is 11.5. The minimum atomic E-state index is -1.11. The summed E-state index contributed by atoms with van der Waals surface area (Å²) in [4.78, 5) is 33.7. The molecule has 2 atom stereocenters. The molecule has 0 saturated heterocycles. The van der Waals surface area contributed by atoms with Crippen molar-refractivity contribution in [3.05, 3.63) is 0 Å². The van der Waals surface area contributed by atoms with E-state index in [4.69, 9.17) is 5.11 Å². The zero-order valence-corrected chi connectivity index (χ0v) is 11.5. The average molecular weight is 258 g/mol. The summed E-state index contributed by atoms with van der Waals surface area (Å²) < 4.78 is 0. The first-order valence-electron chi connectivity index (χ1n) is 5.85. The van der Waals surface area contributed by atoms with Gasteiger partial charge in [0.05, 0.1) is 0 Å². The number of carboxylic acids is 1. The molecular weight excluding hydrogens is 236 g/mol. The monoisotopic (exact) mass is 258 g/mol. The molecule has 0 aromatic rings. The SMILES string of the molecule is CC(NC(=O)CC(C)(C)C)C(=O)N[C@H](C)C(=O)O. The van der Waals surface area contributed by atoms with Crippen molar-refractivity contribution in [2.75, 3.05) is 0 Å². The van der Waals surface area contributed by atoms with Crippen LogP contribution in [-0.2, 0) is 14.4 Å². The number of rotatable bonds is 5. The third-order valence-corrected chi connectivity index (χ3v) is 2.19. The molecule has 0 spiro atoms. The Morgan fingerprint density at radius 3 is 1.94 bits per heavy atom. The summed E-state index contributed by atoms with van der Waals surface area (Å²) in [5.41, 5.74) is -0.158. The smallest absolute Gasteiger partial charge is 0.325 e. The van der Waals surface area contributed by atoms with Crippen molar-refractivity contribution in [1.82, 2.24) is 10.6 Å². The van der Waals surface area contributed by atoms with E-state index in [1.165, 1.54) is 13.8 Å². The van der Waals surface area contributed by atoms with Crippen LogP contribution in [-0.4, -0.2) is 35.0 Å². The molecule has 6 nitrogen and oxygen atoms in total. The molecule has 1 unspecified atom stereocenters. The average Bonchev–Trinajstić information content (AvgIpc) is 2.13. The van der Waals surface area contributed by atoms with Gasteiger partial charge in [0.25, 0.3) is 0 Å². The van der Waals surface area contributed by atoms with Crippen LogP contribution in [0.2, 0.25) is 0 Å². The first-order valence-corrected chi connectivity index (χ1v) is 5.85. The summed E-state index contributed by atoms with van der Waals surface area (Å²) in [6.07, 6.45) is 0.305. The van der Waals surface area contributed by atoms with Crippen LogP contribution in [0.1, 0.15) is 41.0 Å². The van der Waals surface area contributed by atoms with Crippen molar-refractivity contribution in [3.63, 3.8) is 0 Å². The Balaban J connectivity index is 4.24. The Kier molecular flexibility index (Phi) is 5.81. The highest BCUT2D eigenvalue weighted by molar-refractivity contribution is 5.90. The first-order chi connectivity index (χ1) is 8.03. The van der Waals surface area contributed by atoms with Crippen molar-refractivity contribution in [1.29, 1.82) is 0 Å². The van der Waals surface area contributed by atoms with E-state index in [0.29, 0.717) is 6.42 Å². The van der Waals surface area contributed by atoms with Gasteiger partial charge in [-0.2, -0.15) is 0 Å². The molecule has 0 aliphatic carbocycles. The van der Waals surface area contributed by atoms with Crippen molar-refractivity contribution in [2.45, 2.75) is 53.1 Å². The number of nitrogens with one attached hydrogen (secondary N) is 2. The minimum Gasteiger partial charge on any atom is -0.480 e. The number of carbonyl (C=O) groups is 3. The maximum absolute atomic E-state index is 11.6. The number of carbonyl (C=O) groups excluding carboxylic acids is 2. The van der Waals surface area contributed by atoms with Crippen molar-refractivity contribution < 1.29 is 19.5 Å². The Morgan fingerprint density at radius 2 is 1.56 bits per heavy atom. The van der Waals surface area contributed by atoms with Gasteiger partial charge >= 0.3 is 5.97 Å². The van der Waals surface area contributed by atoms with Crippen LogP contribution in [0.4, 0.5) is 0 Å². The van der Waals surface area contributed by atoms with Gasteiger partial charge in [0, 0.05) is 6.42 Å². The number of hydrogen-bond acceptors (Lipinski definition) is 3. The quantitative estimate of drug-likeness (QED) is 0.669. The molecule has 0 aromatic heterocycles. The third-order valence-electron chi connectivity index (χ3n) is 2.19. The number of hydrogen-bond donors (Lipinski definition) is 3.